The summed E-state index contributed by atoms with van der Waals surface area (Å²) in [5.74, 6) is 0. The highest BCUT2D eigenvalue weighted by Crippen LogP contribution is 2.13. The number of nitrogens with zero attached hydrogens (tertiary/aromatic N) is 2. The van der Waals surface area contributed by atoms with Gasteiger partial charge in [-0.25, -0.2) is 4.68 Å². The van der Waals surface area contributed by atoms with Crippen molar-refractivity contribution in [2.24, 2.45) is 7.05 Å². The van der Waals surface area contributed by atoms with E-state index in [0.717, 1.165) is 11.4 Å². The lowest BCUT2D eigenvalue weighted by atomic mass is 10.3. The van der Waals surface area contributed by atoms with Crippen molar-refractivity contribution >= 4 is 23.0 Å². The van der Waals surface area contributed by atoms with Crippen molar-refractivity contribution in [3.8, 4) is 5.69 Å². The molecule has 1 aromatic carbocycles. The molecule has 2 N–H and O–H groups in total. The Morgan fingerprint density at radius 1 is 1.26 bits per heavy atom. The fourth-order valence-electron chi connectivity index (χ4n) is 1.89. The van der Waals surface area contributed by atoms with E-state index in [4.69, 9.17) is 12.2 Å². The molecule has 5 nitrogen and oxygen atoms in total. The van der Waals surface area contributed by atoms with Gasteiger partial charge in [0.2, 0.25) is 0 Å². The molecule has 0 amide bonds. The van der Waals surface area contributed by atoms with Gasteiger partial charge in [0.25, 0.3) is 5.56 Å². The van der Waals surface area contributed by atoms with Gasteiger partial charge in [-0.05, 0) is 31.3 Å². The second-order valence-corrected chi connectivity index (χ2v) is 4.55. The first-order chi connectivity index (χ1) is 9.06. The minimum atomic E-state index is -0.121. The number of anilines is 1. The normalized spacial score (nSPS) is 10.3. The van der Waals surface area contributed by atoms with Crippen molar-refractivity contribution in [1.29, 1.82) is 0 Å². The summed E-state index contributed by atoms with van der Waals surface area (Å²) in [5, 5.41) is 6.15. The van der Waals surface area contributed by atoms with E-state index < -0.39 is 0 Å². The van der Waals surface area contributed by atoms with Crippen molar-refractivity contribution in [3.05, 3.63) is 46.4 Å². The molecule has 1 aromatic heterocycles. The molecule has 100 valence electrons. The van der Waals surface area contributed by atoms with Crippen molar-refractivity contribution < 1.29 is 0 Å². The van der Waals surface area contributed by atoms with Crippen LogP contribution in [-0.4, -0.2) is 21.5 Å². The highest BCUT2D eigenvalue weighted by Gasteiger charge is 2.16. The van der Waals surface area contributed by atoms with E-state index in [1.54, 1.807) is 16.4 Å². The third-order valence-corrected chi connectivity index (χ3v) is 3.33. The fraction of sp³-hybridized carbons (Fsp3) is 0.231. The molecule has 2 rings (SSSR count). The van der Waals surface area contributed by atoms with Gasteiger partial charge in [-0.1, -0.05) is 18.2 Å². The van der Waals surface area contributed by atoms with Crippen LogP contribution in [0.15, 0.2) is 35.1 Å². The number of rotatable bonds is 2. The van der Waals surface area contributed by atoms with Gasteiger partial charge in [0.05, 0.1) is 11.4 Å². The van der Waals surface area contributed by atoms with Crippen LogP contribution in [0.25, 0.3) is 5.69 Å². The second-order valence-electron chi connectivity index (χ2n) is 4.14. The van der Waals surface area contributed by atoms with E-state index in [1.165, 1.54) is 0 Å². The van der Waals surface area contributed by atoms with Crippen LogP contribution in [0.2, 0.25) is 0 Å². The Bertz CT molecular complexity index is 657. The lowest BCUT2D eigenvalue weighted by molar-refractivity contribution is 0.630. The topological polar surface area (TPSA) is 51.0 Å². The van der Waals surface area contributed by atoms with Crippen molar-refractivity contribution in [3.63, 3.8) is 0 Å². The summed E-state index contributed by atoms with van der Waals surface area (Å²) in [4.78, 5) is 12.5. The van der Waals surface area contributed by atoms with E-state index >= 15 is 0 Å². The number of hydrogen-bond donors (Lipinski definition) is 2. The fourth-order valence-corrected chi connectivity index (χ4v) is 1.99. The van der Waals surface area contributed by atoms with E-state index in [2.05, 4.69) is 10.6 Å². The van der Waals surface area contributed by atoms with Gasteiger partial charge in [0, 0.05) is 14.1 Å². The maximum atomic E-state index is 12.5. The number of thiocarbonyl (C=S) groups is 1. The van der Waals surface area contributed by atoms with Crippen molar-refractivity contribution in [2.45, 2.75) is 6.92 Å². The number of hydrogen-bond acceptors (Lipinski definition) is 2. The van der Waals surface area contributed by atoms with Gasteiger partial charge in [-0.15, -0.1) is 0 Å². The van der Waals surface area contributed by atoms with E-state index in [0.29, 0.717) is 10.8 Å². The summed E-state index contributed by atoms with van der Waals surface area (Å²) in [6.07, 6.45) is 0. The average Bonchev–Trinajstić information content (AvgIpc) is 2.63. The van der Waals surface area contributed by atoms with Crippen LogP contribution in [0.3, 0.4) is 0 Å². The van der Waals surface area contributed by atoms with Crippen LogP contribution < -0.4 is 16.2 Å². The zero-order chi connectivity index (χ0) is 14.0. The summed E-state index contributed by atoms with van der Waals surface area (Å²) < 4.78 is 3.41. The van der Waals surface area contributed by atoms with Crippen LogP contribution in [0, 0.1) is 6.92 Å². The molecule has 0 aliphatic carbocycles. The zero-order valence-corrected chi connectivity index (χ0v) is 11.9. The lowest BCUT2D eigenvalue weighted by Gasteiger charge is -2.07. The molecule has 2 aromatic rings. The Kier molecular flexibility index (Phi) is 3.71. The highest BCUT2D eigenvalue weighted by molar-refractivity contribution is 7.80. The first-order valence-electron chi connectivity index (χ1n) is 5.89. The Labute approximate surface area is 116 Å². The first-order valence-corrected chi connectivity index (χ1v) is 6.30. The quantitative estimate of drug-likeness (QED) is 0.814. The molecular formula is C13H16N4OS. The van der Waals surface area contributed by atoms with Crippen molar-refractivity contribution in [2.75, 3.05) is 12.4 Å². The summed E-state index contributed by atoms with van der Waals surface area (Å²) in [7, 11) is 3.56. The molecule has 6 heteroatoms. The smallest absolute Gasteiger partial charge is 0.295 e. The van der Waals surface area contributed by atoms with E-state index in [-0.39, 0.29) is 5.56 Å². The van der Waals surface area contributed by atoms with Crippen LogP contribution in [0.5, 0.6) is 0 Å². The molecule has 0 spiro atoms. The average molecular weight is 276 g/mol. The second kappa shape index (κ2) is 5.27. The predicted molar refractivity (Wildman–Crippen MR) is 81.0 cm³/mol. The van der Waals surface area contributed by atoms with Crippen LogP contribution in [-0.2, 0) is 7.05 Å². The Morgan fingerprint density at radius 2 is 1.89 bits per heavy atom. The summed E-state index contributed by atoms with van der Waals surface area (Å²) in [5.41, 5.74) is 2.02. The van der Waals surface area contributed by atoms with Gasteiger partial charge in [0.1, 0.15) is 5.69 Å². The maximum Gasteiger partial charge on any atom is 0.295 e. The highest BCUT2D eigenvalue weighted by atomic mass is 32.1. The molecule has 19 heavy (non-hydrogen) atoms. The summed E-state index contributed by atoms with van der Waals surface area (Å²) in [6.45, 7) is 1.88. The number of nitrogens with one attached hydrogen (secondary N) is 2. The summed E-state index contributed by atoms with van der Waals surface area (Å²) in [6, 6.07) is 9.49. The Balaban J connectivity index is 2.56. The molecule has 0 saturated heterocycles. The minimum Gasteiger partial charge on any atom is -0.366 e. The van der Waals surface area contributed by atoms with Crippen LogP contribution in [0.1, 0.15) is 5.69 Å². The number of benzene rings is 1. The number of para-hydroxylation sites is 1. The molecule has 0 bridgehead atoms. The molecule has 0 saturated carbocycles. The SMILES string of the molecule is CNC(=S)Nc1c(C)n(C)n(-c2ccccc2)c1=O. The van der Waals surface area contributed by atoms with Gasteiger partial charge in [-0.3, -0.25) is 9.48 Å². The largest absolute Gasteiger partial charge is 0.366 e. The van der Waals surface area contributed by atoms with E-state index in [9.17, 15) is 4.79 Å². The molecular weight excluding hydrogens is 260 g/mol. The zero-order valence-electron chi connectivity index (χ0n) is 11.1. The van der Waals surface area contributed by atoms with E-state index in [1.807, 2.05) is 44.3 Å². The third-order valence-electron chi connectivity index (χ3n) is 3.02. The Hall–Kier alpha value is -2.08. The molecule has 0 unspecified atom stereocenters. The molecule has 0 radical (unpaired) electrons. The Morgan fingerprint density at radius 3 is 2.47 bits per heavy atom. The standard InChI is InChI=1S/C13H16N4OS/c1-9-11(15-13(19)14-2)12(18)17(16(9)3)10-7-5-4-6-8-10/h4-8H,1-3H3,(H2,14,15,19). The summed E-state index contributed by atoms with van der Waals surface area (Å²) >= 11 is 5.05. The van der Waals surface area contributed by atoms with Gasteiger partial charge >= 0.3 is 0 Å². The number of aromatic nitrogens is 2. The van der Waals surface area contributed by atoms with Gasteiger partial charge in [-0.2, -0.15) is 0 Å². The van der Waals surface area contributed by atoms with Gasteiger partial charge in [0.15, 0.2) is 5.11 Å². The van der Waals surface area contributed by atoms with Gasteiger partial charge < -0.3 is 10.6 Å². The monoisotopic (exact) mass is 276 g/mol. The third kappa shape index (κ3) is 2.39. The molecule has 0 aliphatic rings. The molecule has 0 aliphatic heterocycles. The van der Waals surface area contributed by atoms with Crippen LogP contribution >= 0.6 is 12.2 Å². The van der Waals surface area contributed by atoms with Crippen molar-refractivity contribution in [1.82, 2.24) is 14.7 Å². The molecule has 0 fully saturated rings. The predicted octanol–water partition coefficient (Wildman–Crippen LogP) is 1.40. The maximum absolute atomic E-state index is 12.5. The van der Waals surface area contributed by atoms with Crippen LogP contribution in [0.4, 0.5) is 5.69 Å². The first kappa shape index (κ1) is 13.4. The lowest BCUT2D eigenvalue weighted by Crippen LogP contribution is -2.28. The molecule has 1 heterocycles. The minimum absolute atomic E-state index is 0.121. The molecule has 0 atom stereocenters.